The lowest BCUT2D eigenvalue weighted by molar-refractivity contribution is -0.135. The number of nitrogens with one attached hydrogen (secondary N) is 1. The fourth-order valence-corrected chi connectivity index (χ4v) is 3.08. The molecule has 1 saturated heterocycles. The van der Waals surface area contributed by atoms with Gasteiger partial charge in [0.25, 0.3) is 0 Å². The summed E-state index contributed by atoms with van der Waals surface area (Å²) in [7, 11) is 0. The van der Waals surface area contributed by atoms with Gasteiger partial charge >= 0.3 is 0 Å². The van der Waals surface area contributed by atoms with E-state index in [-0.39, 0.29) is 30.3 Å². The van der Waals surface area contributed by atoms with Gasteiger partial charge in [-0.1, -0.05) is 23.7 Å². The first kappa shape index (κ1) is 16.8. The van der Waals surface area contributed by atoms with Crippen molar-refractivity contribution in [3.8, 4) is 0 Å². The van der Waals surface area contributed by atoms with E-state index in [1.807, 2.05) is 17.0 Å². The van der Waals surface area contributed by atoms with Crippen LogP contribution in [0.15, 0.2) is 24.3 Å². The summed E-state index contributed by atoms with van der Waals surface area (Å²) in [6.07, 6.45) is 3.57. The highest BCUT2D eigenvalue weighted by Gasteiger charge is 2.26. The molecule has 2 atom stereocenters. The van der Waals surface area contributed by atoms with E-state index in [1.165, 1.54) is 13.3 Å². The van der Waals surface area contributed by atoms with Gasteiger partial charge in [0.2, 0.25) is 11.8 Å². The van der Waals surface area contributed by atoms with Gasteiger partial charge in [0.05, 0.1) is 12.5 Å². The molecule has 2 amide bonds. The Labute approximate surface area is 136 Å². The highest BCUT2D eigenvalue weighted by Crippen LogP contribution is 2.23. The van der Waals surface area contributed by atoms with Gasteiger partial charge in [0, 0.05) is 24.5 Å². The zero-order valence-electron chi connectivity index (χ0n) is 13.1. The third-order valence-corrected chi connectivity index (χ3v) is 4.40. The second-order valence-corrected chi connectivity index (χ2v) is 6.38. The third-order valence-electron chi connectivity index (χ3n) is 4.15. The summed E-state index contributed by atoms with van der Waals surface area (Å²) < 4.78 is 0. The highest BCUT2D eigenvalue weighted by molar-refractivity contribution is 6.30. The number of amides is 2. The minimum atomic E-state index is -0.309. The lowest BCUT2D eigenvalue weighted by Crippen LogP contribution is -2.43. The van der Waals surface area contributed by atoms with Gasteiger partial charge in [0.15, 0.2) is 0 Å². The molecular weight excluding hydrogens is 300 g/mol. The van der Waals surface area contributed by atoms with Crippen LogP contribution in [0.1, 0.15) is 51.1 Å². The molecule has 1 heterocycles. The number of hydrogen-bond donors (Lipinski definition) is 1. The van der Waals surface area contributed by atoms with Crippen molar-refractivity contribution in [1.82, 2.24) is 10.2 Å². The second-order valence-electron chi connectivity index (χ2n) is 5.94. The van der Waals surface area contributed by atoms with Gasteiger partial charge in [-0.2, -0.15) is 0 Å². The van der Waals surface area contributed by atoms with E-state index in [1.54, 1.807) is 12.1 Å². The van der Waals surface area contributed by atoms with Crippen LogP contribution in [0.5, 0.6) is 0 Å². The van der Waals surface area contributed by atoms with Crippen LogP contribution in [0.2, 0.25) is 5.02 Å². The number of piperidine rings is 1. The number of carbonyl (C=O) groups excluding carboxylic acids is 2. The number of hydrogen-bond acceptors (Lipinski definition) is 2. The minimum absolute atomic E-state index is 0.0981. The number of nitrogens with zero attached hydrogens (tertiary/aromatic N) is 1. The van der Waals surface area contributed by atoms with Crippen molar-refractivity contribution in [2.24, 2.45) is 0 Å². The van der Waals surface area contributed by atoms with Crippen LogP contribution in [0.4, 0.5) is 0 Å². The minimum Gasteiger partial charge on any atom is -0.349 e. The van der Waals surface area contributed by atoms with Crippen molar-refractivity contribution in [2.45, 2.75) is 51.6 Å². The number of carbonyl (C=O) groups is 2. The molecule has 22 heavy (non-hydrogen) atoms. The molecule has 0 aliphatic carbocycles. The Morgan fingerprint density at radius 2 is 2.00 bits per heavy atom. The quantitative estimate of drug-likeness (QED) is 0.924. The molecular formula is C17H23ClN2O2. The molecule has 0 aromatic heterocycles. The Morgan fingerprint density at radius 1 is 1.32 bits per heavy atom. The smallest absolute Gasteiger partial charge is 0.225 e. The van der Waals surface area contributed by atoms with Crippen molar-refractivity contribution in [3.63, 3.8) is 0 Å². The van der Waals surface area contributed by atoms with Gasteiger partial charge < -0.3 is 10.2 Å². The van der Waals surface area contributed by atoms with E-state index in [9.17, 15) is 9.59 Å². The normalized spacial score (nSPS) is 19.6. The molecule has 1 aromatic rings. The molecule has 1 fully saturated rings. The lowest BCUT2D eigenvalue weighted by Gasteiger charge is -2.34. The SMILES string of the molecule is CC(=O)NC(CC(=O)N1CCCCC1C)c1ccc(Cl)cc1. The number of likely N-dealkylation sites (tertiary alicyclic amines) is 1. The van der Waals surface area contributed by atoms with Crippen LogP contribution in [0, 0.1) is 0 Å². The lowest BCUT2D eigenvalue weighted by atomic mass is 9.99. The van der Waals surface area contributed by atoms with Crippen molar-refractivity contribution in [2.75, 3.05) is 6.54 Å². The molecule has 0 radical (unpaired) electrons. The molecule has 2 unspecified atom stereocenters. The Kier molecular flexibility index (Phi) is 5.83. The van der Waals surface area contributed by atoms with Crippen molar-refractivity contribution in [1.29, 1.82) is 0 Å². The first-order valence-electron chi connectivity index (χ1n) is 7.79. The van der Waals surface area contributed by atoms with Gasteiger partial charge in [-0.15, -0.1) is 0 Å². The van der Waals surface area contributed by atoms with Crippen molar-refractivity contribution < 1.29 is 9.59 Å². The average molecular weight is 323 g/mol. The van der Waals surface area contributed by atoms with Crippen LogP contribution in [0.3, 0.4) is 0 Å². The van der Waals surface area contributed by atoms with E-state index in [0.29, 0.717) is 5.02 Å². The molecule has 0 spiro atoms. The predicted octanol–water partition coefficient (Wildman–Crippen LogP) is 3.31. The number of halogens is 1. The first-order valence-corrected chi connectivity index (χ1v) is 8.17. The maximum atomic E-state index is 12.6. The number of benzene rings is 1. The Bertz CT molecular complexity index is 530. The Morgan fingerprint density at radius 3 is 2.59 bits per heavy atom. The molecule has 0 bridgehead atoms. The highest BCUT2D eigenvalue weighted by atomic mass is 35.5. The molecule has 1 aromatic carbocycles. The monoisotopic (exact) mass is 322 g/mol. The molecule has 1 aliphatic rings. The molecule has 5 heteroatoms. The molecule has 4 nitrogen and oxygen atoms in total. The fraction of sp³-hybridized carbons (Fsp3) is 0.529. The largest absolute Gasteiger partial charge is 0.349 e. The zero-order valence-corrected chi connectivity index (χ0v) is 13.9. The maximum absolute atomic E-state index is 12.6. The third kappa shape index (κ3) is 4.47. The molecule has 2 rings (SSSR count). The van der Waals surface area contributed by atoms with E-state index < -0.39 is 0 Å². The number of rotatable bonds is 4. The fourth-order valence-electron chi connectivity index (χ4n) is 2.95. The summed E-state index contributed by atoms with van der Waals surface area (Å²) in [5.74, 6) is -0.0413. The molecule has 1 aliphatic heterocycles. The standard InChI is InChI=1S/C17H23ClN2O2/c1-12-5-3-4-10-20(12)17(22)11-16(19-13(2)21)14-6-8-15(18)9-7-14/h6-9,12,16H,3-5,10-11H2,1-2H3,(H,19,21). The van der Waals surface area contributed by atoms with Gasteiger partial charge in [-0.25, -0.2) is 0 Å². The average Bonchev–Trinajstić information content (AvgIpc) is 2.47. The van der Waals surface area contributed by atoms with Gasteiger partial charge in [0.1, 0.15) is 0 Å². The van der Waals surface area contributed by atoms with Crippen molar-refractivity contribution in [3.05, 3.63) is 34.9 Å². The second kappa shape index (κ2) is 7.63. The maximum Gasteiger partial charge on any atom is 0.225 e. The molecule has 0 saturated carbocycles. The van der Waals surface area contributed by atoms with Crippen LogP contribution in [-0.4, -0.2) is 29.3 Å². The van der Waals surface area contributed by atoms with E-state index in [2.05, 4.69) is 12.2 Å². The van der Waals surface area contributed by atoms with Crippen LogP contribution in [-0.2, 0) is 9.59 Å². The Balaban J connectivity index is 2.10. The van der Waals surface area contributed by atoms with E-state index in [0.717, 1.165) is 24.9 Å². The predicted molar refractivity (Wildman–Crippen MR) is 87.7 cm³/mol. The topological polar surface area (TPSA) is 49.4 Å². The molecule has 120 valence electrons. The summed E-state index contributed by atoms with van der Waals surface area (Å²) >= 11 is 5.91. The summed E-state index contributed by atoms with van der Waals surface area (Å²) in [4.78, 5) is 26.0. The summed E-state index contributed by atoms with van der Waals surface area (Å²) in [6.45, 7) is 4.37. The summed E-state index contributed by atoms with van der Waals surface area (Å²) in [6, 6.07) is 7.24. The van der Waals surface area contributed by atoms with E-state index in [4.69, 9.17) is 11.6 Å². The molecule has 1 N–H and O–H groups in total. The summed E-state index contributed by atoms with van der Waals surface area (Å²) in [5, 5.41) is 3.51. The van der Waals surface area contributed by atoms with Gasteiger partial charge in [-0.3, -0.25) is 9.59 Å². The van der Waals surface area contributed by atoms with Crippen LogP contribution < -0.4 is 5.32 Å². The summed E-state index contributed by atoms with van der Waals surface area (Å²) in [5.41, 5.74) is 0.901. The van der Waals surface area contributed by atoms with Gasteiger partial charge in [-0.05, 0) is 43.9 Å². The van der Waals surface area contributed by atoms with E-state index >= 15 is 0 Å². The zero-order chi connectivity index (χ0) is 16.1. The van der Waals surface area contributed by atoms with Crippen molar-refractivity contribution >= 4 is 23.4 Å². The van der Waals surface area contributed by atoms with Crippen LogP contribution in [0.25, 0.3) is 0 Å². The van der Waals surface area contributed by atoms with Crippen LogP contribution >= 0.6 is 11.6 Å². The first-order chi connectivity index (χ1) is 10.5. The Hall–Kier alpha value is -1.55.